The van der Waals surface area contributed by atoms with Crippen molar-refractivity contribution >= 4 is 17.5 Å². The molecule has 1 aromatic carbocycles. The van der Waals surface area contributed by atoms with Crippen LogP contribution in [0, 0.1) is 10.1 Å². The van der Waals surface area contributed by atoms with Crippen molar-refractivity contribution in [2.45, 2.75) is 50.9 Å². The average Bonchev–Trinajstić information content (AvgIpc) is 2.66. The number of nitro groups is 1. The number of rotatable bonds is 6. The largest absolute Gasteiger partial charge is 0.433 e. The monoisotopic (exact) mass is 395 g/mol. The van der Waals surface area contributed by atoms with E-state index in [-0.39, 0.29) is 30.0 Å². The molecule has 1 aromatic heterocycles. The Kier molecular flexibility index (Phi) is 5.96. The third kappa shape index (κ3) is 5.30. The molecule has 150 valence electrons. The summed E-state index contributed by atoms with van der Waals surface area (Å²) >= 11 is 0. The summed E-state index contributed by atoms with van der Waals surface area (Å²) in [6.07, 6.45) is 0.361. The number of nitrogens with one attached hydrogen (secondary N) is 2. The molecule has 3 rings (SSSR count). The minimum atomic E-state index is -4.59. The molecule has 1 heterocycles. The number of nitro benzene ring substituents is 1. The van der Waals surface area contributed by atoms with E-state index in [1.165, 1.54) is 24.3 Å². The van der Waals surface area contributed by atoms with Crippen LogP contribution in [-0.4, -0.2) is 20.9 Å². The third-order valence-corrected chi connectivity index (χ3v) is 4.58. The molecule has 0 atom stereocenters. The van der Waals surface area contributed by atoms with Crippen LogP contribution in [0.2, 0.25) is 0 Å². The van der Waals surface area contributed by atoms with Crippen molar-refractivity contribution in [3.8, 4) is 0 Å². The van der Waals surface area contributed by atoms with Gasteiger partial charge in [0.05, 0.1) is 4.92 Å². The lowest BCUT2D eigenvalue weighted by atomic mass is 9.96. The Morgan fingerprint density at radius 3 is 2.39 bits per heavy atom. The van der Waals surface area contributed by atoms with Crippen LogP contribution >= 0.6 is 0 Å². The van der Waals surface area contributed by atoms with Gasteiger partial charge in [0.2, 0.25) is 5.95 Å². The lowest BCUT2D eigenvalue weighted by Crippen LogP contribution is -2.24. The maximum absolute atomic E-state index is 13.2. The molecule has 0 saturated heterocycles. The second kappa shape index (κ2) is 8.41. The zero-order chi connectivity index (χ0) is 20.1. The molecule has 0 spiro atoms. The highest BCUT2D eigenvalue weighted by Gasteiger charge is 2.34. The first-order chi connectivity index (χ1) is 13.3. The molecule has 1 aliphatic rings. The fourth-order valence-electron chi connectivity index (χ4n) is 3.11. The predicted molar refractivity (Wildman–Crippen MR) is 98.0 cm³/mol. The maximum Gasteiger partial charge on any atom is 0.433 e. The van der Waals surface area contributed by atoms with Crippen molar-refractivity contribution in [3.05, 3.63) is 51.7 Å². The first-order valence-corrected chi connectivity index (χ1v) is 9.01. The van der Waals surface area contributed by atoms with Gasteiger partial charge in [0.1, 0.15) is 5.82 Å². The van der Waals surface area contributed by atoms with E-state index in [1.807, 2.05) is 0 Å². The van der Waals surface area contributed by atoms with Crippen molar-refractivity contribution in [2.24, 2.45) is 0 Å². The van der Waals surface area contributed by atoms with Gasteiger partial charge >= 0.3 is 6.18 Å². The molecule has 10 heteroatoms. The lowest BCUT2D eigenvalue weighted by molar-refractivity contribution is -0.384. The van der Waals surface area contributed by atoms with Gasteiger partial charge in [-0.15, -0.1) is 0 Å². The Morgan fingerprint density at radius 1 is 1.11 bits per heavy atom. The molecular weight excluding hydrogens is 375 g/mol. The Bertz CT molecular complexity index is 821. The summed E-state index contributed by atoms with van der Waals surface area (Å²) in [5.41, 5.74) is -0.393. The lowest BCUT2D eigenvalue weighted by Gasteiger charge is -2.23. The molecule has 1 aliphatic carbocycles. The Balaban J connectivity index is 1.74. The van der Waals surface area contributed by atoms with Crippen LogP contribution in [0.3, 0.4) is 0 Å². The molecule has 1 fully saturated rings. The Labute approximate surface area is 159 Å². The van der Waals surface area contributed by atoms with E-state index in [2.05, 4.69) is 20.6 Å². The fraction of sp³-hybridized carbons (Fsp3) is 0.444. The van der Waals surface area contributed by atoms with Crippen molar-refractivity contribution in [2.75, 3.05) is 10.6 Å². The average molecular weight is 395 g/mol. The van der Waals surface area contributed by atoms with E-state index in [4.69, 9.17) is 0 Å². The van der Waals surface area contributed by atoms with Gasteiger partial charge in [-0.1, -0.05) is 31.4 Å². The number of aromatic nitrogens is 2. The van der Waals surface area contributed by atoms with Crippen LogP contribution < -0.4 is 10.6 Å². The number of anilines is 2. The van der Waals surface area contributed by atoms with E-state index in [0.29, 0.717) is 5.56 Å². The second-order valence-corrected chi connectivity index (χ2v) is 6.72. The van der Waals surface area contributed by atoms with Crippen LogP contribution in [-0.2, 0) is 12.7 Å². The summed E-state index contributed by atoms with van der Waals surface area (Å²) in [6, 6.07) is 6.69. The number of benzene rings is 1. The molecule has 0 aliphatic heterocycles. The SMILES string of the molecule is O=[N+]([O-])c1ccc(CNc2cc(C(F)(F)F)nc(NC3CCCCC3)n2)cc1. The first kappa shape index (κ1) is 19.8. The fourth-order valence-corrected chi connectivity index (χ4v) is 3.11. The summed E-state index contributed by atoms with van der Waals surface area (Å²) in [4.78, 5) is 18.0. The molecule has 2 N–H and O–H groups in total. The normalized spacial score (nSPS) is 15.2. The molecule has 0 unspecified atom stereocenters. The zero-order valence-electron chi connectivity index (χ0n) is 15.0. The zero-order valence-corrected chi connectivity index (χ0v) is 15.0. The highest BCUT2D eigenvalue weighted by molar-refractivity contribution is 5.44. The quantitative estimate of drug-likeness (QED) is 0.541. The van der Waals surface area contributed by atoms with Crippen molar-refractivity contribution in [1.29, 1.82) is 0 Å². The van der Waals surface area contributed by atoms with Gasteiger partial charge in [-0.05, 0) is 18.4 Å². The van der Waals surface area contributed by atoms with Gasteiger partial charge in [0.15, 0.2) is 5.69 Å². The molecule has 0 radical (unpaired) electrons. The maximum atomic E-state index is 13.2. The summed E-state index contributed by atoms with van der Waals surface area (Å²) < 4.78 is 39.6. The van der Waals surface area contributed by atoms with E-state index < -0.39 is 16.8 Å². The Hall–Kier alpha value is -2.91. The smallest absolute Gasteiger partial charge is 0.366 e. The number of nitrogens with zero attached hydrogens (tertiary/aromatic N) is 3. The minimum Gasteiger partial charge on any atom is -0.366 e. The molecule has 1 saturated carbocycles. The summed E-state index contributed by atoms with van der Waals surface area (Å²) in [5.74, 6) is -0.00749. The molecule has 7 nitrogen and oxygen atoms in total. The van der Waals surface area contributed by atoms with Gasteiger partial charge in [-0.2, -0.15) is 18.2 Å². The van der Waals surface area contributed by atoms with Crippen molar-refractivity contribution in [3.63, 3.8) is 0 Å². The number of halogens is 3. The van der Waals surface area contributed by atoms with Crippen molar-refractivity contribution in [1.82, 2.24) is 9.97 Å². The number of non-ortho nitro benzene ring substituents is 1. The number of hydrogen-bond acceptors (Lipinski definition) is 6. The van der Waals surface area contributed by atoms with Crippen LogP contribution in [0.5, 0.6) is 0 Å². The van der Waals surface area contributed by atoms with E-state index in [0.717, 1.165) is 38.2 Å². The van der Waals surface area contributed by atoms with Gasteiger partial charge in [0, 0.05) is 30.8 Å². The minimum absolute atomic E-state index is 0.0407. The first-order valence-electron chi connectivity index (χ1n) is 9.01. The van der Waals surface area contributed by atoms with E-state index in [9.17, 15) is 23.3 Å². The van der Waals surface area contributed by atoms with Crippen LogP contribution in [0.4, 0.5) is 30.6 Å². The molecule has 0 bridgehead atoms. The molecule has 2 aromatic rings. The van der Waals surface area contributed by atoms with Gasteiger partial charge in [-0.25, -0.2) is 4.98 Å². The van der Waals surface area contributed by atoms with E-state index in [1.54, 1.807) is 0 Å². The van der Waals surface area contributed by atoms with Crippen LogP contribution in [0.25, 0.3) is 0 Å². The van der Waals surface area contributed by atoms with Crippen molar-refractivity contribution < 1.29 is 18.1 Å². The van der Waals surface area contributed by atoms with Gasteiger partial charge in [0.25, 0.3) is 5.69 Å². The van der Waals surface area contributed by atoms with E-state index >= 15 is 0 Å². The summed E-state index contributed by atoms with van der Waals surface area (Å²) in [5, 5.41) is 16.5. The third-order valence-electron chi connectivity index (χ3n) is 4.58. The molecule has 0 amide bonds. The topological polar surface area (TPSA) is 93.0 Å². The number of hydrogen-bond donors (Lipinski definition) is 2. The second-order valence-electron chi connectivity index (χ2n) is 6.72. The van der Waals surface area contributed by atoms with Gasteiger partial charge in [-0.3, -0.25) is 10.1 Å². The summed E-state index contributed by atoms with van der Waals surface area (Å²) in [7, 11) is 0. The van der Waals surface area contributed by atoms with Gasteiger partial charge < -0.3 is 10.6 Å². The highest BCUT2D eigenvalue weighted by atomic mass is 19.4. The molecule has 28 heavy (non-hydrogen) atoms. The Morgan fingerprint density at radius 2 is 1.79 bits per heavy atom. The van der Waals surface area contributed by atoms with Crippen LogP contribution in [0.1, 0.15) is 43.4 Å². The number of alkyl halides is 3. The highest BCUT2D eigenvalue weighted by Crippen LogP contribution is 2.30. The molecular formula is C18H20F3N5O2. The summed E-state index contributed by atoms with van der Waals surface area (Å²) in [6.45, 7) is 0.176. The van der Waals surface area contributed by atoms with Crippen LogP contribution in [0.15, 0.2) is 30.3 Å². The standard InChI is InChI=1S/C18H20F3N5O2/c19-18(20,21)15-10-16(22-11-12-6-8-14(9-7-12)26(27)28)25-17(24-15)23-13-4-2-1-3-5-13/h6-10,13H,1-5,11H2,(H2,22,23,24,25). The predicted octanol–water partition coefficient (Wildman–Crippen LogP) is 4.76.